The summed E-state index contributed by atoms with van der Waals surface area (Å²) in [7, 11) is 0. The highest BCUT2D eigenvalue weighted by atomic mass is 35.5. The fourth-order valence-electron chi connectivity index (χ4n) is 1.05. The lowest BCUT2D eigenvalue weighted by molar-refractivity contribution is 0.544. The van der Waals surface area contributed by atoms with E-state index in [1.807, 2.05) is 0 Å². The average molecular weight is 375 g/mol. The Labute approximate surface area is 136 Å². The van der Waals surface area contributed by atoms with Crippen molar-refractivity contribution >= 4 is 99.4 Å². The summed E-state index contributed by atoms with van der Waals surface area (Å²) in [6.45, 7) is 0. The molecule has 0 aromatic heterocycles. The molecule has 1 nitrogen and oxygen atoms in total. The molecule has 1 aliphatic rings. The van der Waals surface area contributed by atoms with Gasteiger partial charge in [0.15, 0.2) is 17.4 Å². The molecule has 0 amide bonds. The molecular formula is C6H12AlCl7O. The maximum Gasteiger partial charge on any atom is 0.187 e. The van der Waals surface area contributed by atoms with E-state index in [0.29, 0.717) is 0 Å². The van der Waals surface area contributed by atoms with Crippen molar-refractivity contribution in [3.8, 4) is 0 Å². The van der Waals surface area contributed by atoms with Gasteiger partial charge in [0.1, 0.15) is 0 Å². The first-order valence-corrected chi connectivity index (χ1v) is 5.93. The molecule has 15 heavy (non-hydrogen) atoms. The number of alkyl halides is 6. The largest absolute Gasteiger partial charge is 0.412 e. The highest BCUT2D eigenvalue weighted by Crippen LogP contribution is 2.39. The molecule has 1 fully saturated rings. The van der Waals surface area contributed by atoms with E-state index in [1.54, 1.807) is 0 Å². The van der Waals surface area contributed by atoms with E-state index >= 15 is 0 Å². The van der Waals surface area contributed by atoms with Gasteiger partial charge in [-0.1, -0.05) is 0 Å². The SMILES string of the molecule is Cl.ClC1C(Cl)C(Cl)C(Cl)C(Cl)C1Cl.O.[AlH3]. The molecule has 9 heteroatoms. The Morgan fingerprint density at radius 3 is 0.600 bits per heavy atom. The lowest BCUT2D eigenvalue weighted by Crippen LogP contribution is -2.52. The topological polar surface area (TPSA) is 31.5 Å². The smallest absolute Gasteiger partial charge is 0.187 e. The van der Waals surface area contributed by atoms with Crippen molar-refractivity contribution < 1.29 is 5.48 Å². The fraction of sp³-hybridized carbons (Fsp3) is 1.00. The third-order valence-electron chi connectivity index (χ3n) is 1.83. The molecule has 1 rings (SSSR count). The molecule has 0 atom stereocenters. The third-order valence-corrected chi connectivity index (χ3v) is 5.86. The van der Waals surface area contributed by atoms with Gasteiger partial charge in [0.05, 0.1) is 32.3 Å². The molecule has 2 N–H and O–H groups in total. The van der Waals surface area contributed by atoms with Crippen LogP contribution in [0.4, 0.5) is 0 Å². The van der Waals surface area contributed by atoms with E-state index in [4.69, 9.17) is 69.6 Å². The van der Waals surface area contributed by atoms with Crippen LogP contribution in [0.25, 0.3) is 0 Å². The van der Waals surface area contributed by atoms with Crippen molar-refractivity contribution in [3.05, 3.63) is 0 Å². The van der Waals surface area contributed by atoms with Gasteiger partial charge in [0.2, 0.25) is 0 Å². The van der Waals surface area contributed by atoms with Gasteiger partial charge < -0.3 is 5.48 Å². The first-order chi connectivity index (χ1) is 5.46. The quantitative estimate of drug-likeness (QED) is 0.459. The number of rotatable bonds is 0. The average Bonchev–Trinajstić information content (AvgIpc) is 2.08. The maximum atomic E-state index is 5.88. The van der Waals surface area contributed by atoms with E-state index < -0.39 is 32.3 Å². The molecule has 0 saturated heterocycles. The van der Waals surface area contributed by atoms with Gasteiger partial charge in [-0.3, -0.25) is 0 Å². The van der Waals surface area contributed by atoms with Crippen LogP contribution in [-0.4, -0.2) is 55.1 Å². The summed E-state index contributed by atoms with van der Waals surface area (Å²) in [5, 5.41) is -2.62. The molecule has 0 bridgehead atoms. The fourth-order valence-corrected chi connectivity index (χ4v) is 3.38. The Kier molecular flexibility index (Phi) is 14.3. The van der Waals surface area contributed by atoms with E-state index in [2.05, 4.69) is 0 Å². The summed E-state index contributed by atoms with van der Waals surface area (Å²) < 4.78 is 0. The normalized spacial score (nSPS) is 44.4. The van der Waals surface area contributed by atoms with E-state index in [-0.39, 0.29) is 35.2 Å². The molecule has 94 valence electrons. The van der Waals surface area contributed by atoms with E-state index in [9.17, 15) is 0 Å². The van der Waals surface area contributed by atoms with Crippen molar-refractivity contribution in [2.24, 2.45) is 0 Å². The van der Waals surface area contributed by atoms with Crippen LogP contribution in [-0.2, 0) is 0 Å². The third kappa shape index (κ3) is 4.95. The van der Waals surface area contributed by atoms with Crippen molar-refractivity contribution in [1.82, 2.24) is 0 Å². The maximum absolute atomic E-state index is 5.88. The van der Waals surface area contributed by atoms with Crippen LogP contribution in [0.1, 0.15) is 0 Å². The van der Waals surface area contributed by atoms with Crippen molar-refractivity contribution in [2.75, 3.05) is 0 Å². The Bertz CT molecular complexity index is 115. The summed E-state index contributed by atoms with van der Waals surface area (Å²) >= 11 is 35.3. The van der Waals surface area contributed by atoms with Crippen LogP contribution in [0.5, 0.6) is 0 Å². The van der Waals surface area contributed by atoms with Crippen molar-refractivity contribution in [2.45, 2.75) is 32.3 Å². The van der Waals surface area contributed by atoms with Gasteiger partial charge in [0, 0.05) is 0 Å². The first kappa shape index (κ1) is 22.7. The number of hydrogen-bond acceptors (Lipinski definition) is 0. The molecule has 0 heterocycles. The van der Waals surface area contributed by atoms with Gasteiger partial charge in [-0.15, -0.1) is 82.0 Å². The van der Waals surface area contributed by atoms with E-state index in [0.717, 1.165) is 0 Å². The van der Waals surface area contributed by atoms with Crippen LogP contribution in [0, 0.1) is 0 Å². The monoisotopic (exact) mass is 372 g/mol. The molecule has 0 aromatic rings. The summed E-state index contributed by atoms with van der Waals surface area (Å²) in [5.74, 6) is 0. The van der Waals surface area contributed by atoms with Gasteiger partial charge in [0.25, 0.3) is 0 Å². The Balaban J connectivity index is -0.000000480. The second kappa shape index (κ2) is 9.45. The minimum absolute atomic E-state index is 0. The Hall–Kier alpha value is 2.52. The minimum Gasteiger partial charge on any atom is -0.412 e. The lowest BCUT2D eigenvalue weighted by Gasteiger charge is -2.37. The Morgan fingerprint density at radius 1 is 0.467 bits per heavy atom. The predicted molar refractivity (Wildman–Crippen MR) is 78.6 cm³/mol. The molecule has 0 radical (unpaired) electrons. The molecule has 0 spiro atoms. The van der Waals surface area contributed by atoms with Crippen LogP contribution >= 0.6 is 82.0 Å². The second-order valence-electron chi connectivity index (χ2n) is 2.67. The molecular weight excluding hydrogens is 363 g/mol. The number of hydrogen-bond donors (Lipinski definition) is 0. The van der Waals surface area contributed by atoms with E-state index in [1.165, 1.54) is 0 Å². The van der Waals surface area contributed by atoms with Crippen LogP contribution < -0.4 is 0 Å². The molecule has 1 saturated carbocycles. The zero-order chi connectivity index (χ0) is 9.46. The van der Waals surface area contributed by atoms with Gasteiger partial charge in [-0.05, 0) is 0 Å². The van der Waals surface area contributed by atoms with Crippen molar-refractivity contribution in [3.63, 3.8) is 0 Å². The lowest BCUT2D eigenvalue weighted by atomic mass is 9.97. The summed E-state index contributed by atoms with van der Waals surface area (Å²) in [6, 6.07) is 0. The minimum atomic E-state index is -0.437. The number of halogens is 7. The van der Waals surface area contributed by atoms with Crippen LogP contribution in [0.2, 0.25) is 0 Å². The Morgan fingerprint density at radius 2 is 0.533 bits per heavy atom. The molecule has 0 aromatic carbocycles. The van der Waals surface area contributed by atoms with Gasteiger partial charge >= 0.3 is 0 Å². The first-order valence-electron chi connectivity index (χ1n) is 3.31. The highest BCUT2D eigenvalue weighted by Gasteiger charge is 2.46. The summed E-state index contributed by atoms with van der Waals surface area (Å²) in [5.41, 5.74) is 0. The standard InChI is InChI=1S/C6H6Cl6.Al.ClH.H2O.3H/c7-1-2(8)4(10)6(12)5(11)3(1)9;;;;;;/h1-6H;;1H;1H2;;;. The molecule has 0 aliphatic heterocycles. The molecule has 0 unspecified atom stereocenters. The zero-order valence-electron chi connectivity index (χ0n) is 6.64. The van der Waals surface area contributed by atoms with Gasteiger partial charge in [-0.2, -0.15) is 0 Å². The van der Waals surface area contributed by atoms with Crippen LogP contribution in [0.15, 0.2) is 0 Å². The zero-order valence-corrected chi connectivity index (χ0v) is 12.0. The second-order valence-corrected chi connectivity index (χ2v) is 5.69. The van der Waals surface area contributed by atoms with Gasteiger partial charge in [-0.25, -0.2) is 0 Å². The predicted octanol–water partition coefficient (Wildman–Crippen LogP) is 2.06. The van der Waals surface area contributed by atoms with Crippen molar-refractivity contribution in [1.29, 1.82) is 0 Å². The highest BCUT2D eigenvalue weighted by molar-refractivity contribution is 6.45. The molecule has 1 aliphatic carbocycles. The summed E-state index contributed by atoms with van der Waals surface area (Å²) in [6.07, 6.45) is 0. The summed E-state index contributed by atoms with van der Waals surface area (Å²) in [4.78, 5) is 0. The van der Waals surface area contributed by atoms with Crippen LogP contribution in [0.3, 0.4) is 0 Å².